The van der Waals surface area contributed by atoms with E-state index in [1.165, 1.54) is 38.5 Å². The number of ether oxygens (including phenoxy) is 2. The molecule has 0 amide bonds. The van der Waals surface area contributed by atoms with Gasteiger partial charge in [-0.3, -0.25) is 0 Å². The molecule has 0 aliphatic rings. The lowest BCUT2D eigenvalue weighted by Gasteiger charge is -2.16. The van der Waals surface area contributed by atoms with Crippen LogP contribution in [0.4, 0.5) is 0 Å². The SMILES string of the molecule is C=CCOC(CCCCCCCC)OCC=C. The lowest BCUT2D eigenvalue weighted by molar-refractivity contribution is -0.131. The maximum Gasteiger partial charge on any atom is 0.158 e. The highest BCUT2D eigenvalue weighted by Gasteiger charge is 2.07. The molecule has 2 heteroatoms. The Morgan fingerprint density at radius 2 is 1.41 bits per heavy atom. The molecule has 100 valence electrons. The van der Waals surface area contributed by atoms with Crippen molar-refractivity contribution in [2.24, 2.45) is 0 Å². The average Bonchev–Trinajstić information content (AvgIpc) is 2.35. The quantitative estimate of drug-likeness (QED) is 0.269. The molecule has 0 rings (SSSR count). The summed E-state index contributed by atoms with van der Waals surface area (Å²) in [4.78, 5) is 0. The van der Waals surface area contributed by atoms with Crippen LogP contribution in [-0.4, -0.2) is 19.5 Å². The van der Waals surface area contributed by atoms with Gasteiger partial charge in [-0.25, -0.2) is 0 Å². The van der Waals surface area contributed by atoms with Crippen LogP contribution < -0.4 is 0 Å². The summed E-state index contributed by atoms with van der Waals surface area (Å²) in [5.74, 6) is 0. The molecule has 0 radical (unpaired) electrons. The third-order valence-electron chi connectivity index (χ3n) is 2.59. The van der Waals surface area contributed by atoms with Crippen molar-refractivity contribution in [3.05, 3.63) is 25.3 Å². The molecule has 0 aliphatic heterocycles. The van der Waals surface area contributed by atoms with Crippen LogP contribution >= 0.6 is 0 Å². The Balaban J connectivity index is 3.52. The molecule has 0 aromatic rings. The van der Waals surface area contributed by atoms with Crippen molar-refractivity contribution < 1.29 is 9.47 Å². The van der Waals surface area contributed by atoms with E-state index in [9.17, 15) is 0 Å². The van der Waals surface area contributed by atoms with E-state index in [1.807, 2.05) is 0 Å². The van der Waals surface area contributed by atoms with E-state index in [2.05, 4.69) is 20.1 Å². The number of unbranched alkanes of at least 4 members (excludes halogenated alkanes) is 5. The van der Waals surface area contributed by atoms with Crippen LogP contribution in [0, 0.1) is 0 Å². The van der Waals surface area contributed by atoms with Crippen molar-refractivity contribution in [2.75, 3.05) is 13.2 Å². The Bertz CT molecular complexity index is 166. The van der Waals surface area contributed by atoms with Gasteiger partial charge in [0.15, 0.2) is 6.29 Å². The fraction of sp³-hybridized carbons (Fsp3) is 0.733. The van der Waals surface area contributed by atoms with Crippen LogP contribution in [0.15, 0.2) is 25.3 Å². The van der Waals surface area contributed by atoms with Crippen molar-refractivity contribution in [3.8, 4) is 0 Å². The molecular weight excluding hydrogens is 212 g/mol. The standard InChI is InChI=1S/C15H28O2/c1-4-7-8-9-10-11-12-15(16-13-5-2)17-14-6-3/h5-6,15H,2-4,7-14H2,1H3. The second kappa shape index (κ2) is 13.5. The molecule has 0 fully saturated rings. The highest BCUT2D eigenvalue weighted by molar-refractivity contribution is 4.67. The summed E-state index contributed by atoms with van der Waals surface area (Å²) in [7, 11) is 0. The van der Waals surface area contributed by atoms with Gasteiger partial charge in [-0.1, -0.05) is 51.2 Å². The molecule has 0 atom stereocenters. The molecule has 0 aliphatic carbocycles. The van der Waals surface area contributed by atoms with Crippen LogP contribution in [-0.2, 0) is 9.47 Å². The topological polar surface area (TPSA) is 18.5 Å². The van der Waals surface area contributed by atoms with E-state index < -0.39 is 0 Å². The smallest absolute Gasteiger partial charge is 0.158 e. The lowest BCUT2D eigenvalue weighted by Crippen LogP contribution is -2.17. The van der Waals surface area contributed by atoms with E-state index in [4.69, 9.17) is 9.47 Å². The highest BCUT2D eigenvalue weighted by Crippen LogP contribution is 2.11. The summed E-state index contributed by atoms with van der Waals surface area (Å²) in [6.45, 7) is 10.6. The Morgan fingerprint density at radius 3 is 1.94 bits per heavy atom. The average molecular weight is 240 g/mol. The molecule has 0 heterocycles. The van der Waals surface area contributed by atoms with Gasteiger partial charge >= 0.3 is 0 Å². The number of hydrogen-bond acceptors (Lipinski definition) is 2. The van der Waals surface area contributed by atoms with Gasteiger partial charge < -0.3 is 9.47 Å². The molecule has 0 saturated heterocycles. The fourth-order valence-corrected chi connectivity index (χ4v) is 1.66. The zero-order valence-corrected chi connectivity index (χ0v) is 11.3. The Morgan fingerprint density at radius 1 is 0.882 bits per heavy atom. The summed E-state index contributed by atoms with van der Waals surface area (Å²) in [6.07, 6.45) is 12.1. The summed E-state index contributed by atoms with van der Waals surface area (Å²) >= 11 is 0. The van der Waals surface area contributed by atoms with Crippen LogP contribution in [0.25, 0.3) is 0 Å². The fourth-order valence-electron chi connectivity index (χ4n) is 1.66. The van der Waals surface area contributed by atoms with Gasteiger partial charge in [-0.2, -0.15) is 0 Å². The van der Waals surface area contributed by atoms with Gasteiger partial charge in [0.1, 0.15) is 0 Å². The first-order valence-corrected chi connectivity index (χ1v) is 6.80. The van der Waals surface area contributed by atoms with Gasteiger partial charge in [0.2, 0.25) is 0 Å². The molecule has 17 heavy (non-hydrogen) atoms. The van der Waals surface area contributed by atoms with Crippen molar-refractivity contribution in [1.29, 1.82) is 0 Å². The molecule has 0 saturated carbocycles. The van der Waals surface area contributed by atoms with Crippen LogP contribution in [0.2, 0.25) is 0 Å². The van der Waals surface area contributed by atoms with Gasteiger partial charge in [0.05, 0.1) is 13.2 Å². The summed E-state index contributed by atoms with van der Waals surface area (Å²) in [5, 5.41) is 0. The maximum atomic E-state index is 5.53. The zero-order chi connectivity index (χ0) is 12.8. The van der Waals surface area contributed by atoms with E-state index in [-0.39, 0.29) is 6.29 Å². The largest absolute Gasteiger partial charge is 0.349 e. The van der Waals surface area contributed by atoms with E-state index in [1.54, 1.807) is 12.2 Å². The summed E-state index contributed by atoms with van der Waals surface area (Å²) in [6, 6.07) is 0. The minimum absolute atomic E-state index is 0.0998. The molecular formula is C15H28O2. The monoisotopic (exact) mass is 240 g/mol. The second-order valence-corrected chi connectivity index (χ2v) is 4.23. The normalized spacial score (nSPS) is 10.7. The molecule has 2 nitrogen and oxygen atoms in total. The summed E-state index contributed by atoms with van der Waals surface area (Å²) in [5.41, 5.74) is 0. The number of hydrogen-bond donors (Lipinski definition) is 0. The number of rotatable bonds is 13. The van der Waals surface area contributed by atoms with Crippen LogP contribution in [0.5, 0.6) is 0 Å². The molecule has 0 bridgehead atoms. The van der Waals surface area contributed by atoms with Gasteiger partial charge in [0.25, 0.3) is 0 Å². The Labute approximate surface area is 107 Å². The van der Waals surface area contributed by atoms with E-state index in [0.717, 1.165) is 6.42 Å². The van der Waals surface area contributed by atoms with Crippen molar-refractivity contribution in [2.45, 2.75) is 58.2 Å². The minimum atomic E-state index is -0.0998. The first-order chi connectivity index (χ1) is 8.35. The minimum Gasteiger partial charge on any atom is -0.349 e. The van der Waals surface area contributed by atoms with Gasteiger partial charge in [-0.15, -0.1) is 13.2 Å². The maximum absolute atomic E-state index is 5.53. The molecule has 0 unspecified atom stereocenters. The van der Waals surface area contributed by atoms with Crippen LogP contribution in [0.3, 0.4) is 0 Å². The molecule has 0 N–H and O–H groups in total. The highest BCUT2D eigenvalue weighted by atomic mass is 16.7. The van der Waals surface area contributed by atoms with Crippen molar-refractivity contribution in [3.63, 3.8) is 0 Å². The predicted octanol–water partition coefficient (Wildman–Crippen LogP) is 4.47. The van der Waals surface area contributed by atoms with Crippen molar-refractivity contribution in [1.82, 2.24) is 0 Å². The van der Waals surface area contributed by atoms with E-state index >= 15 is 0 Å². The molecule has 0 aromatic heterocycles. The lowest BCUT2D eigenvalue weighted by atomic mass is 10.1. The second-order valence-electron chi connectivity index (χ2n) is 4.23. The molecule has 0 aromatic carbocycles. The van der Waals surface area contributed by atoms with Gasteiger partial charge in [-0.05, 0) is 12.8 Å². The third kappa shape index (κ3) is 11.7. The Hall–Kier alpha value is -0.600. The van der Waals surface area contributed by atoms with Crippen LogP contribution in [0.1, 0.15) is 51.9 Å². The first-order valence-electron chi connectivity index (χ1n) is 6.80. The van der Waals surface area contributed by atoms with Gasteiger partial charge in [0, 0.05) is 0 Å². The van der Waals surface area contributed by atoms with E-state index in [0.29, 0.717) is 13.2 Å². The first kappa shape index (κ1) is 16.4. The predicted molar refractivity (Wildman–Crippen MR) is 74.1 cm³/mol. The molecule has 0 spiro atoms. The zero-order valence-electron chi connectivity index (χ0n) is 11.3. The Kier molecular flexibility index (Phi) is 13.0. The van der Waals surface area contributed by atoms with Crippen molar-refractivity contribution >= 4 is 0 Å². The third-order valence-corrected chi connectivity index (χ3v) is 2.59. The summed E-state index contributed by atoms with van der Waals surface area (Å²) < 4.78 is 11.1.